The molecular weight excluding hydrogens is 440 g/mol. The van der Waals surface area contributed by atoms with Gasteiger partial charge in [0.25, 0.3) is 0 Å². The highest BCUT2D eigenvalue weighted by molar-refractivity contribution is 7.99. The largest absolute Gasteiger partial charge is 0.423 e. The van der Waals surface area contributed by atoms with Crippen LogP contribution in [0.1, 0.15) is 47.4 Å². The topological polar surface area (TPSA) is 52.6 Å². The van der Waals surface area contributed by atoms with Crippen LogP contribution < -0.4 is 9.47 Å². The van der Waals surface area contributed by atoms with Crippen LogP contribution in [0.3, 0.4) is 0 Å². The summed E-state index contributed by atoms with van der Waals surface area (Å²) < 4.78 is 10.8. The van der Waals surface area contributed by atoms with E-state index in [1.54, 1.807) is 72.1 Å². The number of thioether (sulfide) groups is 2. The maximum absolute atomic E-state index is 12.4. The molecule has 166 valence electrons. The summed E-state index contributed by atoms with van der Waals surface area (Å²) in [5.74, 6) is 2.01. The fourth-order valence-electron chi connectivity index (χ4n) is 2.72. The van der Waals surface area contributed by atoms with Crippen LogP contribution in [0.4, 0.5) is 0 Å². The van der Waals surface area contributed by atoms with E-state index in [0.29, 0.717) is 22.6 Å². The summed E-state index contributed by atoms with van der Waals surface area (Å²) in [6.07, 6.45) is 2.20. The number of benzene rings is 3. The van der Waals surface area contributed by atoms with Crippen molar-refractivity contribution in [3.05, 3.63) is 83.9 Å². The number of hydrogen-bond donors (Lipinski definition) is 0. The first-order chi connectivity index (χ1) is 15.6. The zero-order valence-electron chi connectivity index (χ0n) is 18.2. The van der Waals surface area contributed by atoms with Crippen molar-refractivity contribution in [3.8, 4) is 11.5 Å². The van der Waals surface area contributed by atoms with E-state index in [1.165, 1.54) is 0 Å². The lowest BCUT2D eigenvalue weighted by Crippen LogP contribution is -2.09. The predicted octanol–water partition coefficient (Wildman–Crippen LogP) is 7.13. The summed E-state index contributed by atoms with van der Waals surface area (Å²) >= 11 is 3.52. The molecule has 32 heavy (non-hydrogen) atoms. The van der Waals surface area contributed by atoms with Gasteiger partial charge in [-0.1, -0.05) is 13.8 Å². The summed E-state index contributed by atoms with van der Waals surface area (Å²) in [6, 6.07) is 21.2. The highest BCUT2D eigenvalue weighted by Crippen LogP contribution is 2.23. The van der Waals surface area contributed by atoms with Gasteiger partial charge in [-0.05, 0) is 97.1 Å². The van der Waals surface area contributed by atoms with Gasteiger partial charge in [0.2, 0.25) is 0 Å². The third-order valence-corrected chi connectivity index (χ3v) is 6.81. The van der Waals surface area contributed by atoms with Gasteiger partial charge in [0.05, 0.1) is 11.1 Å². The summed E-state index contributed by atoms with van der Waals surface area (Å²) in [5.41, 5.74) is 0.976. The van der Waals surface area contributed by atoms with Gasteiger partial charge in [-0.15, -0.1) is 23.5 Å². The molecule has 0 radical (unpaired) electrons. The van der Waals surface area contributed by atoms with Gasteiger partial charge in [-0.25, -0.2) is 9.59 Å². The first kappa shape index (κ1) is 24.0. The Bertz CT molecular complexity index is 929. The van der Waals surface area contributed by atoms with Crippen molar-refractivity contribution >= 4 is 35.5 Å². The Balaban J connectivity index is 1.54. The molecule has 3 aromatic carbocycles. The summed E-state index contributed by atoms with van der Waals surface area (Å²) in [5, 5.41) is 0. The molecule has 3 rings (SSSR count). The van der Waals surface area contributed by atoms with E-state index >= 15 is 0 Å². The molecule has 0 aromatic heterocycles. The standard InChI is InChI=1S/C26H26O4S2/c1-3-17-31-23-13-5-19(6-14-23)25(27)29-21-9-11-22(12-10-21)30-26(28)20-7-15-24(16-8-20)32-18-4-2/h5-16H,3-4,17-18H2,1-2H3. The van der Waals surface area contributed by atoms with Gasteiger partial charge < -0.3 is 9.47 Å². The molecule has 0 unspecified atom stereocenters. The van der Waals surface area contributed by atoms with E-state index < -0.39 is 11.9 Å². The van der Waals surface area contributed by atoms with E-state index in [0.717, 1.165) is 34.1 Å². The molecule has 0 spiro atoms. The first-order valence-electron chi connectivity index (χ1n) is 10.6. The molecule has 0 aliphatic carbocycles. The Morgan fingerprint density at radius 3 is 1.25 bits per heavy atom. The average Bonchev–Trinajstić information content (AvgIpc) is 2.83. The van der Waals surface area contributed by atoms with Crippen molar-refractivity contribution in [2.24, 2.45) is 0 Å². The lowest BCUT2D eigenvalue weighted by atomic mass is 10.2. The number of rotatable bonds is 10. The molecule has 0 bridgehead atoms. The third-order valence-electron chi connectivity index (χ3n) is 4.37. The van der Waals surface area contributed by atoms with Crippen LogP contribution in [0.25, 0.3) is 0 Å². The second-order valence-corrected chi connectivity index (χ2v) is 9.33. The highest BCUT2D eigenvalue weighted by atomic mass is 32.2. The van der Waals surface area contributed by atoms with Crippen LogP contribution >= 0.6 is 23.5 Å². The molecule has 0 N–H and O–H groups in total. The second kappa shape index (κ2) is 12.4. The number of carbonyl (C=O) groups is 2. The Morgan fingerprint density at radius 1 is 0.594 bits per heavy atom. The minimum Gasteiger partial charge on any atom is -0.423 e. The predicted molar refractivity (Wildman–Crippen MR) is 131 cm³/mol. The van der Waals surface area contributed by atoms with Gasteiger partial charge in [-0.3, -0.25) is 0 Å². The highest BCUT2D eigenvalue weighted by Gasteiger charge is 2.11. The maximum Gasteiger partial charge on any atom is 0.343 e. The summed E-state index contributed by atoms with van der Waals surface area (Å²) in [6.45, 7) is 4.27. The molecule has 6 heteroatoms. The van der Waals surface area contributed by atoms with E-state index in [9.17, 15) is 9.59 Å². The van der Waals surface area contributed by atoms with Crippen molar-refractivity contribution < 1.29 is 19.1 Å². The van der Waals surface area contributed by atoms with E-state index in [4.69, 9.17) is 9.47 Å². The van der Waals surface area contributed by atoms with Crippen LogP contribution in [0.2, 0.25) is 0 Å². The second-order valence-electron chi connectivity index (χ2n) is 7.00. The van der Waals surface area contributed by atoms with Crippen molar-refractivity contribution in [2.75, 3.05) is 11.5 Å². The van der Waals surface area contributed by atoms with Crippen LogP contribution in [-0.2, 0) is 0 Å². The smallest absolute Gasteiger partial charge is 0.343 e. The van der Waals surface area contributed by atoms with E-state index in [1.807, 2.05) is 24.3 Å². The zero-order valence-corrected chi connectivity index (χ0v) is 19.8. The van der Waals surface area contributed by atoms with Crippen molar-refractivity contribution in [3.63, 3.8) is 0 Å². The van der Waals surface area contributed by atoms with E-state index in [2.05, 4.69) is 13.8 Å². The lowest BCUT2D eigenvalue weighted by molar-refractivity contribution is 0.0719. The Kier molecular flexibility index (Phi) is 9.26. The van der Waals surface area contributed by atoms with Gasteiger partial charge in [-0.2, -0.15) is 0 Å². The minimum absolute atomic E-state index is 0.386. The molecule has 4 nitrogen and oxygen atoms in total. The quantitative estimate of drug-likeness (QED) is 0.180. The fraction of sp³-hybridized carbons (Fsp3) is 0.231. The molecule has 0 aliphatic rings. The average molecular weight is 467 g/mol. The molecular formula is C26H26O4S2. The SMILES string of the molecule is CCCSc1ccc(C(=O)Oc2ccc(OC(=O)c3ccc(SCCC)cc3)cc2)cc1. The van der Waals surface area contributed by atoms with Crippen molar-refractivity contribution in [2.45, 2.75) is 36.5 Å². The van der Waals surface area contributed by atoms with Crippen LogP contribution in [-0.4, -0.2) is 23.4 Å². The van der Waals surface area contributed by atoms with E-state index in [-0.39, 0.29) is 0 Å². The van der Waals surface area contributed by atoms with Gasteiger partial charge in [0, 0.05) is 9.79 Å². The van der Waals surface area contributed by atoms with Gasteiger partial charge in [0.1, 0.15) is 11.5 Å². The lowest BCUT2D eigenvalue weighted by Gasteiger charge is -2.08. The molecule has 3 aromatic rings. The molecule has 0 aliphatic heterocycles. The number of ether oxygens (including phenoxy) is 2. The van der Waals surface area contributed by atoms with Crippen LogP contribution in [0, 0.1) is 0 Å². The van der Waals surface area contributed by atoms with Gasteiger partial charge >= 0.3 is 11.9 Å². The molecule has 0 atom stereocenters. The zero-order chi connectivity index (χ0) is 22.8. The Labute approximate surface area is 197 Å². The number of carbonyl (C=O) groups excluding carboxylic acids is 2. The normalized spacial score (nSPS) is 10.6. The van der Waals surface area contributed by atoms with Crippen molar-refractivity contribution in [1.82, 2.24) is 0 Å². The summed E-state index contributed by atoms with van der Waals surface area (Å²) in [4.78, 5) is 27.0. The summed E-state index contributed by atoms with van der Waals surface area (Å²) in [7, 11) is 0. The van der Waals surface area contributed by atoms with Crippen molar-refractivity contribution in [1.29, 1.82) is 0 Å². The third kappa shape index (κ3) is 7.18. The first-order valence-corrected chi connectivity index (χ1v) is 12.6. The minimum atomic E-state index is -0.428. The fourth-order valence-corrected chi connectivity index (χ4v) is 4.26. The van der Waals surface area contributed by atoms with Crippen LogP contribution in [0.5, 0.6) is 11.5 Å². The maximum atomic E-state index is 12.4. The molecule has 0 fully saturated rings. The Hall–Kier alpha value is -2.70. The molecule has 0 saturated heterocycles. The Morgan fingerprint density at radius 2 is 0.938 bits per heavy atom. The molecule has 0 amide bonds. The molecule has 0 heterocycles. The number of hydrogen-bond acceptors (Lipinski definition) is 6. The monoisotopic (exact) mass is 466 g/mol. The van der Waals surface area contributed by atoms with Gasteiger partial charge in [0.15, 0.2) is 0 Å². The molecule has 0 saturated carbocycles. The van der Waals surface area contributed by atoms with Crippen LogP contribution in [0.15, 0.2) is 82.6 Å². The number of esters is 2.